The Kier molecular flexibility index (Phi) is 5.57. The fourth-order valence-corrected chi connectivity index (χ4v) is 3.11. The number of benzene rings is 2. The summed E-state index contributed by atoms with van der Waals surface area (Å²) in [5, 5.41) is 3.71. The van der Waals surface area contributed by atoms with Crippen LogP contribution in [-0.4, -0.2) is 6.21 Å². The molecule has 1 saturated carbocycles. The van der Waals surface area contributed by atoms with Crippen molar-refractivity contribution in [2.45, 2.75) is 44.6 Å². The van der Waals surface area contributed by atoms with Crippen LogP contribution in [0.4, 0.5) is 8.78 Å². The van der Waals surface area contributed by atoms with Gasteiger partial charge in [-0.15, -0.1) is 0 Å². The number of hydrogen-bond donors (Lipinski definition) is 0. The summed E-state index contributed by atoms with van der Waals surface area (Å²) in [6, 6.07) is 11.4. The zero-order valence-electron chi connectivity index (χ0n) is 13.5. The van der Waals surface area contributed by atoms with Crippen LogP contribution < -0.4 is 0 Å². The van der Waals surface area contributed by atoms with Gasteiger partial charge in [-0.2, -0.15) is 0 Å². The summed E-state index contributed by atoms with van der Waals surface area (Å²) in [6.45, 7) is -0.128. The SMILES string of the molecule is Fc1ccc(F)c(CO/N=[C]\c2ccc(C3CCCCC3)cc2)c1. The van der Waals surface area contributed by atoms with Crippen molar-refractivity contribution in [3.8, 4) is 0 Å². The van der Waals surface area contributed by atoms with Gasteiger partial charge in [-0.25, -0.2) is 8.78 Å². The van der Waals surface area contributed by atoms with Gasteiger partial charge in [0.15, 0.2) is 0 Å². The highest BCUT2D eigenvalue weighted by Crippen LogP contribution is 2.32. The molecule has 1 fully saturated rings. The molecule has 0 spiro atoms. The van der Waals surface area contributed by atoms with Crippen LogP contribution in [0.1, 0.15) is 54.7 Å². The van der Waals surface area contributed by atoms with Gasteiger partial charge in [0.1, 0.15) is 24.5 Å². The Morgan fingerprint density at radius 3 is 2.50 bits per heavy atom. The van der Waals surface area contributed by atoms with Crippen LogP contribution in [-0.2, 0) is 11.4 Å². The fraction of sp³-hybridized carbons (Fsp3) is 0.350. The first-order valence-electron chi connectivity index (χ1n) is 8.34. The van der Waals surface area contributed by atoms with E-state index in [0.717, 1.165) is 23.8 Å². The second kappa shape index (κ2) is 8.04. The molecule has 0 saturated heterocycles. The van der Waals surface area contributed by atoms with Crippen LogP contribution in [0.25, 0.3) is 0 Å². The van der Waals surface area contributed by atoms with E-state index in [0.29, 0.717) is 5.92 Å². The molecule has 0 amide bonds. The highest BCUT2D eigenvalue weighted by Gasteiger charge is 2.14. The van der Waals surface area contributed by atoms with Gasteiger partial charge in [-0.3, -0.25) is 0 Å². The molecule has 0 unspecified atom stereocenters. The lowest BCUT2D eigenvalue weighted by Gasteiger charge is -2.21. The summed E-state index contributed by atoms with van der Waals surface area (Å²) >= 11 is 0. The number of nitrogens with zero attached hydrogens (tertiary/aromatic N) is 1. The quantitative estimate of drug-likeness (QED) is 0.529. The van der Waals surface area contributed by atoms with Crippen molar-refractivity contribution in [2.75, 3.05) is 0 Å². The molecule has 24 heavy (non-hydrogen) atoms. The van der Waals surface area contributed by atoms with E-state index in [-0.39, 0.29) is 12.2 Å². The van der Waals surface area contributed by atoms with E-state index in [1.807, 2.05) is 12.1 Å². The number of halogens is 2. The van der Waals surface area contributed by atoms with Gasteiger partial charge >= 0.3 is 0 Å². The molecule has 3 rings (SSSR count). The largest absolute Gasteiger partial charge is 0.390 e. The minimum atomic E-state index is -0.511. The van der Waals surface area contributed by atoms with Crippen LogP contribution in [0.15, 0.2) is 47.6 Å². The molecule has 2 nitrogen and oxygen atoms in total. The van der Waals surface area contributed by atoms with Crippen molar-refractivity contribution in [1.29, 1.82) is 0 Å². The van der Waals surface area contributed by atoms with Crippen LogP contribution in [0.5, 0.6) is 0 Å². The van der Waals surface area contributed by atoms with Crippen molar-refractivity contribution in [3.63, 3.8) is 0 Å². The Hall–Kier alpha value is -2.23. The molecule has 2 aromatic carbocycles. The molecule has 0 bridgehead atoms. The lowest BCUT2D eigenvalue weighted by atomic mass is 9.84. The molecule has 0 heterocycles. The average Bonchev–Trinajstić information content (AvgIpc) is 2.63. The van der Waals surface area contributed by atoms with E-state index in [9.17, 15) is 8.78 Å². The molecule has 1 aliphatic carbocycles. The zero-order valence-corrected chi connectivity index (χ0v) is 13.5. The molecule has 2 aromatic rings. The Bertz CT molecular complexity index is 691. The Labute approximate surface area is 141 Å². The molecule has 4 heteroatoms. The van der Waals surface area contributed by atoms with E-state index < -0.39 is 11.6 Å². The van der Waals surface area contributed by atoms with Crippen molar-refractivity contribution >= 4 is 6.21 Å². The van der Waals surface area contributed by atoms with E-state index >= 15 is 0 Å². The average molecular weight is 328 g/mol. The first-order chi connectivity index (χ1) is 11.7. The normalized spacial score (nSPS) is 15.8. The first kappa shape index (κ1) is 16.6. The van der Waals surface area contributed by atoms with E-state index in [1.165, 1.54) is 37.7 Å². The topological polar surface area (TPSA) is 21.6 Å². The van der Waals surface area contributed by atoms with Gasteiger partial charge in [0, 0.05) is 11.1 Å². The maximum absolute atomic E-state index is 13.4. The summed E-state index contributed by atoms with van der Waals surface area (Å²) in [7, 11) is 0. The van der Waals surface area contributed by atoms with Crippen LogP contribution >= 0.6 is 0 Å². The Morgan fingerprint density at radius 1 is 1.00 bits per heavy atom. The molecule has 0 aliphatic heterocycles. The third-order valence-corrected chi connectivity index (χ3v) is 4.45. The number of rotatable bonds is 5. The maximum atomic E-state index is 13.4. The van der Waals surface area contributed by atoms with E-state index in [2.05, 4.69) is 23.5 Å². The van der Waals surface area contributed by atoms with Gasteiger partial charge < -0.3 is 4.84 Å². The minimum Gasteiger partial charge on any atom is -0.390 e. The predicted molar refractivity (Wildman–Crippen MR) is 90.0 cm³/mol. The molecular weight excluding hydrogens is 308 g/mol. The van der Waals surface area contributed by atoms with Gasteiger partial charge in [0.25, 0.3) is 0 Å². The third kappa shape index (κ3) is 4.40. The number of hydrogen-bond acceptors (Lipinski definition) is 2. The smallest absolute Gasteiger partial charge is 0.145 e. The summed E-state index contributed by atoms with van der Waals surface area (Å²) in [6.07, 6.45) is 9.26. The highest BCUT2D eigenvalue weighted by atomic mass is 19.1. The van der Waals surface area contributed by atoms with E-state index in [1.54, 1.807) is 0 Å². The summed E-state index contributed by atoms with van der Waals surface area (Å²) in [4.78, 5) is 5.01. The fourth-order valence-electron chi connectivity index (χ4n) is 3.11. The third-order valence-electron chi connectivity index (χ3n) is 4.45. The molecular formula is C20H20F2NO. The second-order valence-corrected chi connectivity index (χ2v) is 6.17. The van der Waals surface area contributed by atoms with Crippen LogP contribution in [0, 0.1) is 11.6 Å². The van der Waals surface area contributed by atoms with Gasteiger partial charge in [0.05, 0.1) is 0 Å². The van der Waals surface area contributed by atoms with Crippen LogP contribution in [0.3, 0.4) is 0 Å². The van der Waals surface area contributed by atoms with Gasteiger partial charge in [0.2, 0.25) is 0 Å². The van der Waals surface area contributed by atoms with Crippen LogP contribution in [0.2, 0.25) is 0 Å². The lowest BCUT2D eigenvalue weighted by Crippen LogP contribution is -2.04. The minimum absolute atomic E-state index is 0.128. The monoisotopic (exact) mass is 328 g/mol. The lowest BCUT2D eigenvalue weighted by molar-refractivity contribution is 0.129. The van der Waals surface area contributed by atoms with Crippen molar-refractivity contribution < 1.29 is 13.6 Å². The van der Waals surface area contributed by atoms with Crippen molar-refractivity contribution in [1.82, 2.24) is 0 Å². The van der Waals surface area contributed by atoms with Gasteiger partial charge in [-0.05, 0) is 42.5 Å². The molecule has 0 atom stereocenters. The van der Waals surface area contributed by atoms with Crippen molar-refractivity contribution in [2.24, 2.45) is 5.16 Å². The Balaban J connectivity index is 1.53. The predicted octanol–water partition coefficient (Wildman–Crippen LogP) is 5.44. The van der Waals surface area contributed by atoms with Gasteiger partial charge in [-0.1, -0.05) is 48.7 Å². The maximum Gasteiger partial charge on any atom is 0.145 e. The Morgan fingerprint density at radius 2 is 1.75 bits per heavy atom. The summed E-state index contributed by atoms with van der Waals surface area (Å²) in [5.74, 6) is -0.346. The zero-order chi connectivity index (χ0) is 16.8. The van der Waals surface area contributed by atoms with E-state index in [4.69, 9.17) is 4.84 Å². The van der Waals surface area contributed by atoms with Crippen molar-refractivity contribution in [3.05, 3.63) is 70.8 Å². The highest BCUT2D eigenvalue weighted by molar-refractivity contribution is 5.79. The molecule has 0 N–H and O–H groups in total. The molecule has 1 radical (unpaired) electrons. The molecule has 0 aromatic heterocycles. The second-order valence-electron chi connectivity index (χ2n) is 6.17. The summed E-state index contributed by atoms with van der Waals surface area (Å²) in [5.41, 5.74) is 2.30. The summed E-state index contributed by atoms with van der Waals surface area (Å²) < 4.78 is 26.5. The standard InChI is InChI=1S/C20H20F2NO/c21-19-10-11-20(22)18(12-19)14-24-23-13-15-6-8-17(9-7-15)16-4-2-1-3-5-16/h6-12,16H,1-5,14H2. The first-order valence-corrected chi connectivity index (χ1v) is 8.34. The molecule has 1 aliphatic rings. The molecule has 125 valence electrons.